The van der Waals surface area contributed by atoms with E-state index in [1.807, 2.05) is 0 Å². The number of ether oxygens (including phenoxy) is 5. The van der Waals surface area contributed by atoms with Gasteiger partial charge in [0.2, 0.25) is 0 Å². The molecule has 1 aromatic carbocycles. The number of aliphatic hydroxyl groups excluding tert-OH is 5. The van der Waals surface area contributed by atoms with Crippen molar-refractivity contribution < 1.29 is 59.1 Å². The van der Waals surface area contributed by atoms with Gasteiger partial charge in [-0.05, 0) is 23.8 Å². The van der Waals surface area contributed by atoms with E-state index >= 15 is 0 Å². The molecule has 1 aromatic rings. The summed E-state index contributed by atoms with van der Waals surface area (Å²) in [7, 11) is 1.39. The van der Waals surface area contributed by atoms with E-state index < -0.39 is 61.8 Å². The van der Waals surface area contributed by atoms with Crippen LogP contribution in [0.15, 0.2) is 24.3 Å². The molecule has 0 aliphatic carbocycles. The summed E-state index contributed by atoms with van der Waals surface area (Å²) in [6, 6.07) is 4.47. The van der Waals surface area contributed by atoms with Crippen molar-refractivity contribution in [2.24, 2.45) is 0 Å². The molecule has 0 unspecified atom stereocenters. The summed E-state index contributed by atoms with van der Waals surface area (Å²) in [6.07, 6.45) is -8.98. The Kier molecular flexibility index (Phi) is 8.03. The van der Waals surface area contributed by atoms with E-state index in [2.05, 4.69) is 0 Å². The number of aromatic hydroxyl groups is 1. The van der Waals surface area contributed by atoms with Crippen LogP contribution in [-0.2, 0) is 23.7 Å². The smallest absolute Gasteiger partial charge is 0.330 e. The minimum atomic E-state index is -1.58. The van der Waals surface area contributed by atoms with Crippen molar-refractivity contribution in [2.75, 3.05) is 20.3 Å². The molecule has 0 saturated carbocycles. The maximum atomic E-state index is 12.0. The molecule has 3 rings (SSSR count). The topological polar surface area (TPSA) is 185 Å². The number of carbonyl (C=O) groups is 1. The van der Waals surface area contributed by atoms with E-state index in [1.165, 1.54) is 25.3 Å². The summed E-state index contributed by atoms with van der Waals surface area (Å²) >= 11 is 0. The van der Waals surface area contributed by atoms with Crippen molar-refractivity contribution in [3.63, 3.8) is 0 Å². The first-order chi connectivity index (χ1) is 15.2. The Bertz CT molecular complexity index is 814. The van der Waals surface area contributed by atoms with Gasteiger partial charge >= 0.3 is 5.97 Å². The molecule has 8 atom stereocenters. The van der Waals surface area contributed by atoms with Crippen LogP contribution in [0.5, 0.6) is 11.5 Å². The largest absolute Gasteiger partial charge is 0.504 e. The van der Waals surface area contributed by atoms with E-state index in [9.17, 15) is 35.4 Å². The van der Waals surface area contributed by atoms with Crippen LogP contribution < -0.4 is 4.74 Å². The van der Waals surface area contributed by atoms with Crippen LogP contribution in [0.1, 0.15) is 5.56 Å². The first kappa shape index (κ1) is 24.4. The number of rotatable bonds is 7. The first-order valence-corrected chi connectivity index (χ1v) is 9.76. The summed E-state index contributed by atoms with van der Waals surface area (Å²) in [5.41, 5.74) is 0.562. The number of hydrogen-bond donors (Lipinski definition) is 6. The first-order valence-electron chi connectivity index (χ1n) is 9.76. The molecule has 2 fully saturated rings. The minimum Gasteiger partial charge on any atom is -0.504 e. The summed E-state index contributed by atoms with van der Waals surface area (Å²) in [4.78, 5) is 12.0. The molecule has 0 amide bonds. The van der Waals surface area contributed by atoms with E-state index in [0.29, 0.717) is 5.56 Å². The van der Waals surface area contributed by atoms with Gasteiger partial charge in [-0.25, -0.2) is 4.79 Å². The van der Waals surface area contributed by atoms with Gasteiger partial charge in [-0.15, -0.1) is 0 Å². The summed E-state index contributed by atoms with van der Waals surface area (Å²) in [5, 5.41) is 59.2. The molecule has 2 aliphatic rings. The number of methoxy groups -OCH3 is 1. The maximum Gasteiger partial charge on any atom is 0.330 e. The fourth-order valence-electron chi connectivity index (χ4n) is 3.22. The zero-order valence-electron chi connectivity index (χ0n) is 17.1. The number of phenolic OH excluding ortho intramolecular Hbond substituents is 1. The Morgan fingerprint density at radius 3 is 2.62 bits per heavy atom. The average molecular weight is 458 g/mol. The van der Waals surface area contributed by atoms with Crippen molar-refractivity contribution in [3.05, 3.63) is 29.8 Å². The van der Waals surface area contributed by atoms with Crippen LogP contribution in [0.2, 0.25) is 0 Å². The van der Waals surface area contributed by atoms with Gasteiger partial charge in [0.25, 0.3) is 0 Å². The van der Waals surface area contributed by atoms with Gasteiger partial charge in [-0.1, -0.05) is 6.07 Å². The molecule has 178 valence electrons. The summed E-state index contributed by atoms with van der Waals surface area (Å²) in [6.45, 7) is -0.725. The molecular formula is C20H26O12. The molecule has 0 aromatic heterocycles. The predicted molar refractivity (Wildman–Crippen MR) is 104 cm³/mol. The molecule has 6 N–H and O–H groups in total. The SMILES string of the molecule is COc1cc(C=CC(=O)OC[C@@H]2O[C@H](O[C@@H]3[C@@H](O)[C@H](O)CO[C@H]3O)[C@H](O)[C@H]2O)ccc1O. The Hall–Kier alpha value is -2.29. The summed E-state index contributed by atoms with van der Waals surface area (Å²) < 4.78 is 25.5. The van der Waals surface area contributed by atoms with E-state index in [1.54, 1.807) is 6.07 Å². The predicted octanol–water partition coefficient (Wildman–Crippen LogP) is -2.14. The fourth-order valence-corrected chi connectivity index (χ4v) is 3.22. The average Bonchev–Trinajstić information content (AvgIpc) is 3.05. The minimum absolute atomic E-state index is 0.0516. The number of hydrogen-bond acceptors (Lipinski definition) is 12. The third-order valence-electron chi connectivity index (χ3n) is 5.06. The van der Waals surface area contributed by atoms with Crippen molar-refractivity contribution in [1.82, 2.24) is 0 Å². The number of esters is 1. The lowest BCUT2D eigenvalue weighted by Crippen LogP contribution is -2.56. The molecule has 2 aliphatic heterocycles. The van der Waals surface area contributed by atoms with Crippen LogP contribution in [0.25, 0.3) is 6.08 Å². The van der Waals surface area contributed by atoms with Crippen molar-refractivity contribution in [1.29, 1.82) is 0 Å². The highest BCUT2D eigenvalue weighted by Gasteiger charge is 2.48. The Balaban J connectivity index is 1.52. The Morgan fingerprint density at radius 1 is 1.16 bits per heavy atom. The van der Waals surface area contributed by atoms with E-state index in [-0.39, 0.29) is 18.1 Å². The van der Waals surface area contributed by atoms with E-state index in [0.717, 1.165) is 6.08 Å². The zero-order chi connectivity index (χ0) is 23.4. The second kappa shape index (κ2) is 10.6. The number of aliphatic hydroxyl groups is 5. The van der Waals surface area contributed by atoms with Gasteiger partial charge in [0.1, 0.15) is 43.2 Å². The van der Waals surface area contributed by atoms with Gasteiger partial charge in [-0.2, -0.15) is 0 Å². The molecule has 12 heteroatoms. The molecule has 0 spiro atoms. The van der Waals surface area contributed by atoms with Crippen molar-refractivity contribution >= 4 is 12.0 Å². The van der Waals surface area contributed by atoms with Crippen molar-refractivity contribution in [3.8, 4) is 11.5 Å². The molecular weight excluding hydrogens is 432 g/mol. The van der Waals surface area contributed by atoms with Gasteiger partial charge in [-0.3, -0.25) is 0 Å². The van der Waals surface area contributed by atoms with Crippen LogP contribution in [0, 0.1) is 0 Å². The van der Waals surface area contributed by atoms with Gasteiger partial charge in [0.15, 0.2) is 24.1 Å². The highest BCUT2D eigenvalue weighted by molar-refractivity contribution is 5.87. The lowest BCUT2D eigenvalue weighted by Gasteiger charge is -2.36. The number of benzene rings is 1. The van der Waals surface area contributed by atoms with Crippen LogP contribution >= 0.6 is 0 Å². The standard InChI is InChI=1S/C20H26O12/c1-28-12-6-9(2-4-10(12)21)3-5-14(23)29-8-13-16(25)17(26)20(31-13)32-18-15(24)11(22)7-30-19(18)27/h2-6,11,13,15-22,24-27H,7-8H2,1H3/t11-,13+,15+,16+,17-,18-,19-,20-/m1/s1. The molecule has 32 heavy (non-hydrogen) atoms. The lowest BCUT2D eigenvalue weighted by molar-refractivity contribution is -0.307. The third kappa shape index (κ3) is 5.54. The highest BCUT2D eigenvalue weighted by atomic mass is 16.7. The molecule has 12 nitrogen and oxygen atoms in total. The normalized spacial score (nSPS) is 35.2. The summed E-state index contributed by atoms with van der Waals surface area (Å²) in [5.74, 6) is -0.584. The van der Waals surface area contributed by atoms with Crippen LogP contribution in [0.3, 0.4) is 0 Å². The third-order valence-corrected chi connectivity index (χ3v) is 5.06. The maximum absolute atomic E-state index is 12.0. The molecule has 2 saturated heterocycles. The van der Waals surface area contributed by atoms with Crippen LogP contribution in [0.4, 0.5) is 0 Å². The number of carbonyl (C=O) groups excluding carboxylic acids is 1. The Labute approximate surface area is 182 Å². The van der Waals surface area contributed by atoms with E-state index in [4.69, 9.17) is 23.7 Å². The zero-order valence-corrected chi connectivity index (χ0v) is 17.1. The second-order valence-corrected chi connectivity index (χ2v) is 7.30. The Morgan fingerprint density at radius 2 is 1.91 bits per heavy atom. The van der Waals surface area contributed by atoms with Crippen molar-refractivity contribution in [2.45, 2.75) is 49.2 Å². The van der Waals surface area contributed by atoms with Gasteiger partial charge in [0, 0.05) is 6.08 Å². The quantitative estimate of drug-likeness (QED) is 0.193. The molecule has 0 bridgehead atoms. The van der Waals surface area contributed by atoms with Gasteiger partial charge in [0.05, 0.1) is 13.7 Å². The fraction of sp³-hybridized carbons (Fsp3) is 0.550. The monoisotopic (exact) mass is 458 g/mol. The molecule has 2 heterocycles. The highest BCUT2D eigenvalue weighted by Crippen LogP contribution is 2.28. The number of phenols is 1. The molecule has 0 radical (unpaired) electrons. The van der Waals surface area contributed by atoms with Gasteiger partial charge < -0.3 is 54.3 Å². The lowest BCUT2D eigenvalue weighted by atomic mass is 10.1. The second-order valence-electron chi connectivity index (χ2n) is 7.30. The van der Waals surface area contributed by atoms with Crippen LogP contribution in [-0.4, -0.2) is 106 Å².